The first kappa shape index (κ1) is 30.9. The van der Waals surface area contributed by atoms with Gasteiger partial charge < -0.3 is 15.3 Å². The van der Waals surface area contributed by atoms with Crippen LogP contribution in [0.2, 0.25) is 0 Å². The summed E-state index contributed by atoms with van der Waals surface area (Å²) in [7, 11) is 0. The summed E-state index contributed by atoms with van der Waals surface area (Å²) >= 11 is 1.14. The molecule has 2 amide bonds. The van der Waals surface area contributed by atoms with E-state index in [1.165, 1.54) is 29.6 Å². The van der Waals surface area contributed by atoms with Crippen LogP contribution < -0.4 is 5.32 Å². The Morgan fingerprint density at radius 1 is 0.804 bits per heavy atom. The second-order valence-corrected chi connectivity index (χ2v) is 12.0. The van der Waals surface area contributed by atoms with E-state index in [9.17, 15) is 19.5 Å². The minimum atomic E-state index is -1.10. The van der Waals surface area contributed by atoms with Crippen LogP contribution in [0.1, 0.15) is 37.9 Å². The largest absolute Gasteiger partial charge is 0.478 e. The molecule has 1 fully saturated rings. The lowest BCUT2D eigenvalue weighted by molar-refractivity contribution is -0.134. The van der Waals surface area contributed by atoms with E-state index in [1.807, 2.05) is 60.7 Å². The third-order valence-electron chi connectivity index (χ3n) is 8.07. The molecule has 9 nitrogen and oxygen atoms in total. The molecule has 6 rings (SSSR count). The predicted octanol–water partition coefficient (Wildman–Crippen LogP) is 5.15. The molecule has 5 aromatic rings. The van der Waals surface area contributed by atoms with Gasteiger partial charge in [0.1, 0.15) is 11.1 Å². The molecule has 1 aliphatic rings. The number of hydrogen-bond acceptors (Lipinski definition) is 7. The highest BCUT2D eigenvalue weighted by molar-refractivity contribution is 7.99. The van der Waals surface area contributed by atoms with Gasteiger partial charge in [0.2, 0.25) is 5.91 Å². The lowest BCUT2D eigenvalue weighted by Gasteiger charge is -2.40. The van der Waals surface area contributed by atoms with Gasteiger partial charge in [-0.3, -0.25) is 19.5 Å². The molecule has 0 bridgehead atoms. The summed E-state index contributed by atoms with van der Waals surface area (Å²) in [5, 5.41) is 13.7. The predicted molar refractivity (Wildman–Crippen MR) is 178 cm³/mol. The summed E-state index contributed by atoms with van der Waals surface area (Å²) in [4.78, 5) is 52.1. The molecule has 10 heteroatoms. The summed E-state index contributed by atoms with van der Waals surface area (Å²) < 4.78 is 0. The number of carboxylic acid groups (broad SMARTS) is 1. The second kappa shape index (κ2) is 14.4. The summed E-state index contributed by atoms with van der Waals surface area (Å²) in [5.41, 5.74) is 3.52. The number of carbonyl (C=O) groups is 3. The van der Waals surface area contributed by atoms with Gasteiger partial charge in [0.25, 0.3) is 5.91 Å². The van der Waals surface area contributed by atoms with Crippen LogP contribution in [-0.2, 0) is 4.79 Å². The van der Waals surface area contributed by atoms with E-state index in [0.717, 1.165) is 22.7 Å². The minimum Gasteiger partial charge on any atom is -0.478 e. The van der Waals surface area contributed by atoms with Crippen molar-refractivity contribution < 1.29 is 19.5 Å². The number of aromatic carboxylic acids is 1. The maximum Gasteiger partial charge on any atom is 0.338 e. The van der Waals surface area contributed by atoms with Gasteiger partial charge in [0.05, 0.1) is 22.7 Å². The number of amides is 2. The van der Waals surface area contributed by atoms with Crippen LogP contribution in [0.4, 0.5) is 0 Å². The lowest BCUT2D eigenvalue weighted by atomic mass is 9.96. The van der Waals surface area contributed by atoms with E-state index in [1.54, 1.807) is 17.0 Å². The molecule has 1 atom stereocenters. The quantitative estimate of drug-likeness (QED) is 0.203. The van der Waals surface area contributed by atoms with Gasteiger partial charge >= 0.3 is 5.97 Å². The summed E-state index contributed by atoms with van der Waals surface area (Å²) in [6, 6.07) is 32.1. The van der Waals surface area contributed by atoms with Crippen molar-refractivity contribution in [3.05, 3.63) is 138 Å². The van der Waals surface area contributed by atoms with Crippen molar-refractivity contribution in [3.8, 4) is 0 Å². The number of hydrogen-bond donors (Lipinski definition) is 2. The number of aromatic nitrogens is 2. The van der Waals surface area contributed by atoms with Crippen LogP contribution in [0.5, 0.6) is 0 Å². The first-order valence-corrected chi connectivity index (χ1v) is 16.1. The molecule has 0 radical (unpaired) electrons. The molecule has 1 saturated heterocycles. The Morgan fingerprint density at radius 2 is 1.46 bits per heavy atom. The Morgan fingerprint density at radius 3 is 2.13 bits per heavy atom. The molecule has 0 aliphatic carbocycles. The van der Waals surface area contributed by atoms with Crippen molar-refractivity contribution in [2.45, 2.75) is 17.1 Å². The molecule has 0 saturated carbocycles. The Balaban J connectivity index is 1.20. The van der Waals surface area contributed by atoms with Crippen LogP contribution in [0.15, 0.2) is 121 Å². The number of nitrogens with one attached hydrogen (secondary N) is 1. The Kier molecular flexibility index (Phi) is 9.66. The topological polar surface area (TPSA) is 116 Å². The van der Waals surface area contributed by atoms with Gasteiger partial charge in [-0.15, -0.1) is 11.8 Å². The van der Waals surface area contributed by atoms with E-state index in [2.05, 4.69) is 44.5 Å². The van der Waals surface area contributed by atoms with Gasteiger partial charge in [-0.25, -0.2) is 9.78 Å². The van der Waals surface area contributed by atoms with Crippen LogP contribution in [0, 0.1) is 0 Å². The molecule has 2 aromatic heterocycles. The van der Waals surface area contributed by atoms with E-state index in [-0.39, 0.29) is 28.3 Å². The van der Waals surface area contributed by atoms with Crippen molar-refractivity contribution >= 4 is 40.4 Å². The van der Waals surface area contributed by atoms with Crippen LogP contribution in [0.3, 0.4) is 0 Å². The van der Waals surface area contributed by atoms with Crippen LogP contribution in [0.25, 0.3) is 10.9 Å². The fourth-order valence-corrected chi connectivity index (χ4v) is 6.74. The van der Waals surface area contributed by atoms with Gasteiger partial charge in [-0.05, 0) is 35.4 Å². The van der Waals surface area contributed by atoms with Crippen molar-refractivity contribution in [2.75, 3.05) is 31.9 Å². The molecule has 2 N–H and O–H groups in total. The zero-order chi connectivity index (χ0) is 31.9. The third kappa shape index (κ3) is 7.09. The maximum absolute atomic E-state index is 14.1. The van der Waals surface area contributed by atoms with Gasteiger partial charge in [-0.1, -0.05) is 78.9 Å². The number of piperazine rings is 1. The SMILES string of the molecule is O=C(N[C@@H](CSc1ncccc1C(=O)O)C(=O)N1CCN(C(c2ccccc2)c2ccccc2)CC1)c1cnc2ccccc2c1. The normalized spacial score (nSPS) is 14.2. The number of benzene rings is 3. The number of pyridine rings is 2. The zero-order valence-electron chi connectivity index (χ0n) is 25.0. The summed E-state index contributed by atoms with van der Waals surface area (Å²) in [5.74, 6) is -1.64. The number of para-hydroxylation sites is 1. The fourth-order valence-electron chi connectivity index (χ4n) is 5.75. The molecule has 3 heterocycles. The second-order valence-electron chi connectivity index (χ2n) is 11.0. The van der Waals surface area contributed by atoms with E-state index in [4.69, 9.17) is 0 Å². The maximum atomic E-state index is 14.1. The first-order valence-electron chi connectivity index (χ1n) is 15.1. The molecule has 3 aromatic carbocycles. The molecule has 232 valence electrons. The van der Waals surface area contributed by atoms with E-state index >= 15 is 0 Å². The Bertz CT molecular complexity index is 1790. The van der Waals surface area contributed by atoms with Gasteiger partial charge in [0, 0.05) is 49.7 Å². The molecule has 46 heavy (non-hydrogen) atoms. The molecule has 0 unspecified atom stereocenters. The number of fused-ring (bicyclic) bond motifs is 1. The molecular formula is C36H33N5O4S. The fraction of sp³-hybridized carbons (Fsp3) is 0.194. The van der Waals surface area contributed by atoms with Crippen LogP contribution in [-0.4, -0.2) is 80.6 Å². The van der Waals surface area contributed by atoms with Gasteiger partial charge in [0.15, 0.2) is 0 Å². The zero-order valence-corrected chi connectivity index (χ0v) is 25.8. The smallest absolute Gasteiger partial charge is 0.338 e. The minimum absolute atomic E-state index is 0.0460. The first-order chi connectivity index (χ1) is 22.5. The number of nitrogens with zero attached hydrogens (tertiary/aromatic N) is 4. The Labute approximate surface area is 271 Å². The summed E-state index contributed by atoms with van der Waals surface area (Å²) in [6.45, 7) is 2.25. The molecule has 0 spiro atoms. The molecular weight excluding hydrogens is 598 g/mol. The van der Waals surface area contributed by atoms with Crippen molar-refractivity contribution in [1.29, 1.82) is 0 Å². The van der Waals surface area contributed by atoms with Gasteiger partial charge in [-0.2, -0.15) is 0 Å². The van der Waals surface area contributed by atoms with Crippen LogP contribution >= 0.6 is 11.8 Å². The number of rotatable bonds is 10. The van der Waals surface area contributed by atoms with Crippen molar-refractivity contribution in [3.63, 3.8) is 0 Å². The number of carbonyl (C=O) groups excluding carboxylic acids is 2. The monoisotopic (exact) mass is 631 g/mol. The average molecular weight is 632 g/mol. The highest BCUT2D eigenvalue weighted by Gasteiger charge is 2.32. The van der Waals surface area contributed by atoms with E-state index < -0.39 is 17.9 Å². The number of thioether (sulfide) groups is 1. The number of carboxylic acids is 1. The highest BCUT2D eigenvalue weighted by atomic mass is 32.2. The summed E-state index contributed by atoms with van der Waals surface area (Å²) in [6.07, 6.45) is 3.01. The standard InChI is InChI=1S/C36H33N5O4S/c42-33(28-22-27-14-7-8-16-30(27)38-23-28)39-31(24-46-34-29(36(44)45)15-9-17-37-34)35(43)41-20-18-40(19-21-41)32(25-10-3-1-4-11-25)26-12-5-2-6-13-26/h1-17,22-23,31-32H,18-21,24H2,(H,39,42)(H,44,45)/t31-/m0/s1. The van der Waals surface area contributed by atoms with E-state index in [0.29, 0.717) is 31.7 Å². The van der Waals surface area contributed by atoms with Crippen molar-refractivity contribution in [1.82, 2.24) is 25.1 Å². The Hall–Kier alpha value is -5.06. The van der Waals surface area contributed by atoms with Crippen molar-refractivity contribution in [2.24, 2.45) is 0 Å². The highest BCUT2D eigenvalue weighted by Crippen LogP contribution is 2.30. The third-order valence-corrected chi connectivity index (χ3v) is 9.16. The average Bonchev–Trinajstić information content (AvgIpc) is 3.11. The lowest BCUT2D eigenvalue weighted by Crippen LogP contribution is -2.56. The molecule has 1 aliphatic heterocycles.